The molecule has 3 nitrogen and oxygen atoms in total. The maximum Gasteiger partial charge on any atom is 0.221 e. The number of aromatic nitrogens is 1. The van der Waals surface area contributed by atoms with E-state index in [1.54, 1.807) is 23.7 Å². The molecule has 0 spiro atoms. The quantitative estimate of drug-likeness (QED) is 0.864. The van der Waals surface area contributed by atoms with Crippen molar-refractivity contribution in [3.05, 3.63) is 36.2 Å². The van der Waals surface area contributed by atoms with E-state index in [1.165, 1.54) is 17.4 Å². The Bertz CT molecular complexity index is 505. The van der Waals surface area contributed by atoms with Gasteiger partial charge < -0.3 is 5.32 Å². The van der Waals surface area contributed by atoms with Gasteiger partial charge in [0.15, 0.2) is 0 Å². The lowest BCUT2D eigenvalue weighted by atomic mass is 10.1. The Balaban J connectivity index is 2.36. The predicted octanol–water partition coefficient (Wildman–Crippen LogP) is 3.08. The molecule has 2 aromatic heterocycles. The smallest absolute Gasteiger partial charge is 0.221 e. The first-order valence-corrected chi connectivity index (χ1v) is 5.77. The minimum atomic E-state index is -0.0393. The second-order valence-corrected chi connectivity index (χ2v) is 4.59. The number of hydrogen-bond donors (Lipinski definition) is 1. The van der Waals surface area contributed by atoms with Crippen LogP contribution in [0.4, 0.5) is 5.00 Å². The number of thiophene rings is 1. The van der Waals surface area contributed by atoms with E-state index >= 15 is 0 Å². The summed E-state index contributed by atoms with van der Waals surface area (Å²) < 4.78 is 0. The SMILES string of the molecule is CC(=O)Nc1cc(C)c(-c2ccncc2)s1. The molecule has 0 saturated carbocycles. The monoisotopic (exact) mass is 232 g/mol. The van der Waals surface area contributed by atoms with E-state index < -0.39 is 0 Å². The Hall–Kier alpha value is -1.68. The highest BCUT2D eigenvalue weighted by molar-refractivity contribution is 7.19. The van der Waals surface area contributed by atoms with Gasteiger partial charge in [0.25, 0.3) is 0 Å². The van der Waals surface area contributed by atoms with Gasteiger partial charge in [0.05, 0.1) is 5.00 Å². The van der Waals surface area contributed by atoms with Crippen LogP contribution in [-0.4, -0.2) is 10.9 Å². The van der Waals surface area contributed by atoms with Gasteiger partial charge in [-0.15, -0.1) is 11.3 Å². The number of hydrogen-bond acceptors (Lipinski definition) is 3. The van der Waals surface area contributed by atoms with Crippen LogP contribution >= 0.6 is 11.3 Å². The molecule has 4 heteroatoms. The number of pyridine rings is 1. The fraction of sp³-hybridized carbons (Fsp3) is 0.167. The van der Waals surface area contributed by atoms with Crippen LogP contribution in [0.5, 0.6) is 0 Å². The molecule has 2 rings (SSSR count). The second-order valence-electron chi connectivity index (χ2n) is 3.54. The lowest BCUT2D eigenvalue weighted by molar-refractivity contribution is -0.114. The standard InChI is InChI=1S/C12H12N2OS/c1-8-7-11(14-9(2)15)16-12(8)10-3-5-13-6-4-10/h3-7H,1-2H3,(H,14,15). The van der Waals surface area contributed by atoms with Crippen molar-refractivity contribution in [2.24, 2.45) is 0 Å². The van der Waals surface area contributed by atoms with Gasteiger partial charge in [-0.25, -0.2) is 0 Å². The minimum Gasteiger partial charge on any atom is -0.318 e. The van der Waals surface area contributed by atoms with Crippen molar-refractivity contribution in [3.63, 3.8) is 0 Å². The number of carbonyl (C=O) groups excluding carboxylic acids is 1. The third-order valence-electron chi connectivity index (χ3n) is 2.16. The molecule has 0 aliphatic heterocycles. The summed E-state index contributed by atoms with van der Waals surface area (Å²) in [6.45, 7) is 3.55. The fourth-order valence-corrected chi connectivity index (χ4v) is 2.63. The van der Waals surface area contributed by atoms with Crippen molar-refractivity contribution in [1.29, 1.82) is 0 Å². The summed E-state index contributed by atoms with van der Waals surface area (Å²) >= 11 is 1.58. The van der Waals surface area contributed by atoms with Gasteiger partial charge in [0.1, 0.15) is 0 Å². The molecule has 16 heavy (non-hydrogen) atoms. The Morgan fingerprint density at radius 2 is 2.06 bits per heavy atom. The average molecular weight is 232 g/mol. The molecule has 0 radical (unpaired) electrons. The van der Waals surface area contributed by atoms with Crippen molar-refractivity contribution in [2.75, 3.05) is 5.32 Å². The number of rotatable bonds is 2. The predicted molar refractivity (Wildman–Crippen MR) is 66.6 cm³/mol. The zero-order valence-corrected chi connectivity index (χ0v) is 9.97. The van der Waals surface area contributed by atoms with Crippen LogP contribution in [0.3, 0.4) is 0 Å². The molecule has 0 aromatic carbocycles. The molecule has 0 unspecified atom stereocenters. The van der Waals surface area contributed by atoms with E-state index in [0.29, 0.717) is 0 Å². The van der Waals surface area contributed by atoms with Crippen molar-refractivity contribution >= 4 is 22.2 Å². The van der Waals surface area contributed by atoms with Gasteiger partial charge in [-0.2, -0.15) is 0 Å². The van der Waals surface area contributed by atoms with E-state index in [9.17, 15) is 4.79 Å². The summed E-state index contributed by atoms with van der Waals surface area (Å²) in [4.78, 5) is 16.1. The summed E-state index contributed by atoms with van der Waals surface area (Å²) in [5.41, 5.74) is 2.30. The highest BCUT2D eigenvalue weighted by Gasteiger charge is 2.08. The van der Waals surface area contributed by atoms with Crippen LogP contribution in [0.1, 0.15) is 12.5 Å². The van der Waals surface area contributed by atoms with Gasteiger partial charge in [-0.05, 0) is 36.2 Å². The van der Waals surface area contributed by atoms with Crippen molar-refractivity contribution < 1.29 is 4.79 Å². The van der Waals surface area contributed by atoms with Crippen LogP contribution < -0.4 is 5.32 Å². The van der Waals surface area contributed by atoms with Crippen LogP contribution in [0, 0.1) is 6.92 Å². The Kier molecular flexibility index (Phi) is 3.01. The van der Waals surface area contributed by atoms with Gasteiger partial charge >= 0.3 is 0 Å². The molecular formula is C12H12N2OS. The van der Waals surface area contributed by atoms with Gasteiger partial charge in [0.2, 0.25) is 5.91 Å². The Morgan fingerprint density at radius 3 is 2.69 bits per heavy atom. The average Bonchev–Trinajstić information content (AvgIpc) is 2.60. The van der Waals surface area contributed by atoms with E-state index in [4.69, 9.17) is 0 Å². The first kappa shape index (κ1) is 10.8. The van der Waals surface area contributed by atoms with Gasteiger partial charge in [0, 0.05) is 24.2 Å². The van der Waals surface area contributed by atoms with Gasteiger partial charge in [-0.1, -0.05) is 0 Å². The fourth-order valence-electron chi connectivity index (χ4n) is 1.51. The number of nitrogens with one attached hydrogen (secondary N) is 1. The molecule has 2 aromatic rings. The summed E-state index contributed by atoms with van der Waals surface area (Å²) in [5.74, 6) is -0.0393. The molecule has 0 fully saturated rings. The van der Waals surface area contributed by atoms with E-state index in [-0.39, 0.29) is 5.91 Å². The first-order chi connectivity index (χ1) is 7.66. The van der Waals surface area contributed by atoms with Gasteiger partial charge in [-0.3, -0.25) is 9.78 Å². The Labute approximate surface area is 98.2 Å². The molecule has 0 bridgehead atoms. The number of aryl methyl sites for hydroxylation is 1. The molecule has 2 heterocycles. The topological polar surface area (TPSA) is 42.0 Å². The molecular weight excluding hydrogens is 220 g/mol. The van der Waals surface area contributed by atoms with Crippen LogP contribution in [0.15, 0.2) is 30.6 Å². The zero-order chi connectivity index (χ0) is 11.5. The van der Waals surface area contributed by atoms with Crippen molar-refractivity contribution in [3.8, 4) is 10.4 Å². The largest absolute Gasteiger partial charge is 0.318 e. The number of carbonyl (C=O) groups is 1. The lowest BCUT2D eigenvalue weighted by Gasteiger charge is -1.97. The number of nitrogens with zero attached hydrogens (tertiary/aromatic N) is 1. The van der Waals surface area contributed by atoms with Crippen LogP contribution in [-0.2, 0) is 4.79 Å². The van der Waals surface area contributed by atoms with Crippen LogP contribution in [0.25, 0.3) is 10.4 Å². The second kappa shape index (κ2) is 4.45. The number of anilines is 1. The van der Waals surface area contributed by atoms with Crippen molar-refractivity contribution in [2.45, 2.75) is 13.8 Å². The highest BCUT2D eigenvalue weighted by atomic mass is 32.1. The van der Waals surface area contributed by atoms with Crippen molar-refractivity contribution in [1.82, 2.24) is 4.98 Å². The molecule has 0 aliphatic carbocycles. The Morgan fingerprint density at radius 1 is 1.38 bits per heavy atom. The molecule has 0 atom stereocenters. The molecule has 0 saturated heterocycles. The summed E-state index contributed by atoms with van der Waals surface area (Å²) in [5, 5.41) is 3.69. The first-order valence-electron chi connectivity index (χ1n) is 4.95. The normalized spacial score (nSPS) is 10.1. The summed E-state index contributed by atoms with van der Waals surface area (Å²) in [6.07, 6.45) is 3.54. The maximum absolute atomic E-state index is 11.0. The summed E-state index contributed by atoms with van der Waals surface area (Å²) in [6, 6.07) is 5.93. The molecule has 1 N–H and O–H groups in total. The third kappa shape index (κ3) is 2.28. The molecule has 1 amide bonds. The van der Waals surface area contributed by atoms with E-state index in [1.807, 2.05) is 25.1 Å². The molecule has 0 aliphatic rings. The lowest BCUT2D eigenvalue weighted by Crippen LogP contribution is -2.03. The molecule has 82 valence electrons. The summed E-state index contributed by atoms with van der Waals surface area (Å²) in [7, 11) is 0. The maximum atomic E-state index is 11.0. The minimum absolute atomic E-state index is 0.0393. The number of amides is 1. The van der Waals surface area contributed by atoms with E-state index in [0.717, 1.165) is 10.6 Å². The highest BCUT2D eigenvalue weighted by Crippen LogP contribution is 2.34. The third-order valence-corrected chi connectivity index (χ3v) is 3.36. The van der Waals surface area contributed by atoms with Crippen LogP contribution in [0.2, 0.25) is 0 Å². The zero-order valence-electron chi connectivity index (χ0n) is 9.15. The van der Waals surface area contributed by atoms with E-state index in [2.05, 4.69) is 10.3 Å².